The minimum absolute atomic E-state index is 0.0387. The maximum Gasteiger partial charge on any atom is 0.246 e. The molecule has 0 spiro atoms. The number of benzene rings is 2. The van der Waals surface area contributed by atoms with Gasteiger partial charge in [0, 0.05) is 5.56 Å². The average molecular weight is 321 g/mol. The quantitative estimate of drug-likeness (QED) is 0.754. The Morgan fingerprint density at radius 3 is 2.42 bits per heavy atom. The number of hydrogen-bond acceptors (Lipinski definition) is 4. The van der Waals surface area contributed by atoms with E-state index in [4.69, 9.17) is 4.52 Å². The molecule has 1 amide bonds. The summed E-state index contributed by atoms with van der Waals surface area (Å²) in [5.74, 6) is 0.700. The van der Waals surface area contributed by atoms with E-state index in [1.54, 1.807) is 0 Å². The highest BCUT2D eigenvalue weighted by Gasteiger charge is 2.19. The van der Waals surface area contributed by atoms with E-state index < -0.39 is 0 Å². The summed E-state index contributed by atoms with van der Waals surface area (Å²) in [5.41, 5.74) is 1.89. The molecule has 0 aliphatic heterocycles. The summed E-state index contributed by atoms with van der Waals surface area (Å²) in [4.78, 5) is 16.7. The summed E-state index contributed by atoms with van der Waals surface area (Å²) in [7, 11) is 0. The average Bonchev–Trinajstić information content (AvgIpc) is 3.11. The SMILES string of the molecule is CC[C@@H](C(=O)NCc1nc(-c2ccccc2)no1)c1ccccc1. The van der Waals surface area contributed by atoms with Crippen molar-refractivity contribution in [3.05, 3.63) is 72.1 Å². The number of hydrogen-bond donors (Lipinski definition) is 1. The predicted octanol–water partition coefficient (Wildman–Crippen LogP) is 3.55. The van der Waals surface area contributed by atoms with E-state index in [0.29, 0.717) is 11.7 Å². The van der Waals surface area contributed by atoms with E-state index in [1.165, 1.54) is 0 Å². The van der Waals surface area contributed by atoms with Crippen LogP contribution in [0.5, 0.6) is 0 Å². The maximum absolute atomic E-state index is 12.4. The minimum atomic E-state index is -0.178. The van der Waals surface area contributed by atoms with Crippen molar-refractivity contribution in [2.75, 3.05) is 0 Å². The number of nitrogens with zero attached hydrogens (tertiary/aromatic N) is 2. The van der Waals surface area contributed by atoms with Gasteiger partial charge < -0.3 is 9.84 Å². The monoisotopic (exact) mass is 321 g/mol. The fourth-order valence-corrected chi connectivity index (χ4v) is 2.57. The lowest BCUT2D eigenvalue weighted by atomic mass is 9.96. The van der Waals surface area contributed by atoms with Gasteiger partial charge in [0.1, 0.15) is 0 Å². The third kappa shape index (κ3) is 3.68. The van der Waals surface area contributed by atoms with Crippen LogP contribution in [0.2, 0.25) is 0 Å². The molecule has 24 heavy (non-hydrogen) atoms. The van der Waals surface area contributed by atoms with E-state index in [0.717, 1.165) is 17.5 Å². The first kappa shape index (κ1) is 15.9. The molecule has 0 aliphatic carbocycles. The molecule has 0 saturated carbocycles. The molecule has 0 radical (unpaired) electrons. The molecule has 0 bridgehead atoms. The summed E-state index contributed by atoms with van der Waals surface area (Å²) in [6.45, 7) is 2.22. The largest absolute Gasteiger partial charge is 0.346 e. The molecule has 2 aromatic carbocycles. The van der Waals surface area contributed by atoms with Gasteiger partial charge in [-0.3, -0.25) is 4.79 Å². The Bertz CT molecular complexity index is 785. The number of carbonyl (C=O) groups is 1. The van der Waals surface area contributed by atoms with Gasteiger partial charge >= 0.3 is 0 Å². The van der Waals surface area contributed by atoms with Gasteiger partial charge in [0.05, 0.1) is 12.5 Å². The van der Waals surface area contributed by atoms with Gasteiger partial charge in [-0.25, -0.2) is 0 Å². The molecular formula is C19H19N3O2. The smallest absolute Gasteiger partial charge is 0.246 e. The molecule has 122 valence electrons. The second-order valence-corrected chi connectivity index (χ2v) is 5.47. The third-order valence-electron chi connectivity index (χ3n) is 3.84. The number of amides is 1. The zero-order valence-electron chi connectivity index (χ0n) is 13.5. The van der Waals surface area contributed by atoms with Gasteiger partial charge in [-0.05, 0) is 12.0 Å². The lowest BCUT2D eigenvalue weighted by molar-refractivity contribution is -0.122. The van der Waals surface area contributed by atoms with Crippen molar-refractivity contribution in [3.8, 4) is 11.4 Å². The highest BCUT2D eigenvalue weighted by Crippen LogP contribution is 2.19. The van der Waals surface area contributed by atoms with Crippen LogP contribution < -0.4 is 5.32 Å². The number of rotatable bonds is 6. The predicted molar refractivity (Wildman–Crippen MR) is 91.1 cm³/mol. The van der Waals surface area contributed by atoms with E-state index >= 15 is 0 Å². The van der Waals surface area contributed by atoms with Crippen LogP contribution in [0.25, 0.3) is 11.4 Å². The molecule has 3 aromatic rings. The first-order chi connectivity index (χ1) is 11.8. The fourth-order valence-electron chi connectivity index (χ4n) is 2.57. The summed E-state index contributed by atoms with van der Waals surface area (Å²) in [6, 6.07) is 19.3. The highest BCUT2D eigenvalue weighted by molar-refractivity contribution is 5.83. The van der Waals surface area contributed by atoms with E-state index in [9.17, 15) is 4.79 Å². The topological polar surface area (TPSA) is 68.0 Å². The Hall–Kier alpha value is -2.95. The van der Waals surface area contributed by atoms with Crippen LogP contribution >= 0.6 is 0 Å². The Balaban J connectivity index is 1.63. The maximum atomic E-state index is 12.4. The number of aromatic nitrogens is 2. The van der Waals surface area contributed by atoms with Gasteiger partial charge in [-0.1, -0.05) is 72.7 Å². The van der Waals surface area contributed by atoms with Gasteiger partial charge in [0.25, 0.3) is 0 Å². The van der Waals surface area contributed by atoms with Crippen molar-refractivity contribution in [2.45, 2.75) is 25.8 Å². The van der Waals surface area contributed by atoms with Crippen LogP contribution in [0.4, 0.5) is 0 Å². The first-order valence-corrected chi connectivity index (χ1v) is 7.98. The molecule has 0 unspecified atom stereocenters. The van der Waals surface area contributed by atoms with Crippen LogP contribution in [0, 0.1) is 0 Å². The zero-order valence-corrected chi connectivity index (χ0v) is 13.5. The molecule has 1 atom stereocenters. The number of carbonyl (C=O) groups excluding carboxylic acids is 1. The molecular weight excluding hydrogens is 302 g/mol. The highest BCUT2D eigenvalue weighted by atomic mass is 16.5. The summed E-state index contributed by atoms with van der Waals surface area (Å²) in [6.07, 6.45) is 0.731. The molecule has 5 heteroatoms. The van der Waals surface area contributed by atoms with E-state index in [1.807, 2.05) is 67.6 Å². The van der Waals surface area contributed by atoms with Crippen LogP contribution in [-0.4, -0.2) is 16.0 Å². The molecule has 1 N–H and O–H groups in total. The first-order valence-electron chi connectivity index (χ1n) is 7.98. The van der Waals surface area contributed by atoms with Crippen molar-refractivity contribution >= 4 is 5.91 Å². The van der Waals surface area contributed by atoms with Gasteiger partial charge in [0.2, 0.25) is 17.6 Å². The van der Waals surface area contributed by atoms with Crippen LogP contribution in [-0.2, 0) is 11.3 Å². The van der Waals surface area contributed by atoms with Crippen molar-refractivity contribution < 1.29 is 9.32 Å². The Labute approximate surface area is 140 Å². The molecule has 0 aliphatic rings. The summed E-state index contributed by atoms with van der Waals surface area (Å²) >= 11 is 0. The fraction of sp³-hybridized carbons (Fsp3) is 0.211. The van der Waals surface area contributed by atoms with Gasteiger partial charge in [0.15, 0.2) is 0 Å². The lowest BCUT2D eigenvalue weighted by Gasteiger charge is -2.14. The van der Waals surface area contributed by atoms with Gasteiger partial charge in [-0.15, -0.1) is 0 Å². The Kier molecular flexibility index (Phi) is 5.01. The van der Waals surface area contributed by atoms with Gasteiger partial charge in [-0.2, -0.15) is 4.98 Å². The molecule has 1 aromatic heterocycles. The molecule has 3 rings (SSSR count). The molecule has 0 fully saturated rings. The molecule has 5 nitrogen and oxygen atoms in total. The van der Waals surface area contributed by atoms with Crippen molar-refractivity contribution in [1.82, 2.24) is 15.5 Å². The van der Waals surface area contributed by atoms with Crippen LogP contribution in [0.15, 0.2) is 65.2 Å². The van der Waals surface area contributed by atoms with Crippen LogP contribution in [0.3, 0.4) is 0 Å². The lowest BCUT2D eigenvalue weighted by Crippen LogP contribution is -2.28. The molecule has 0 saturated heterocycles. The third-order valence-corrected chi connectivity index (χ3v) is 3.84. The summed E-state index contributed by atoms with van der Waals surface area (Å²) < 4.78 is 5.21. The van der Waals surface area contributed by atoms with Crippen molar-refractivity contribution in [1.29, 1.82) is 0 Å². The van der Waals surface area contributed by atoms with E-state index in [2.05, 4.69) is 15.5 Å². The Morgan fingerprint density at radius 1 is 1.08 bits per heavy atom. The standard InChI is InChI=1S/C19H19N3O2/c1-2-16(14-9-5-3-6-10-14)19(23)20-13-17-21-18(22-24-17)15-11-7-4-8-12-15/h3-12,16H,2,13H2,1H3,(H,20,23)/t16-/m1/s1. The van der Waals surface area contributed by atoms with Crippen molar-refractivity contribution in [2.24, 2.45) is 0 Å². The zero-order chi connectivity index (χ0) is 16.8. The second kappa shape index (κ2) is 7.55. The normalized spacial score (nSPS) is 11.9. The minimum Gasteiger partial charge on any atom is -0.346 e. The second-order valence-electron chi connectivity index (χ2n) is 5.47. The molecule has 1 heterocycles. The summed E-state index contributed by atoms with van der Waals surface area (Å²) in [5, 5.41) is 6.83. The van der Waals surface area contributed by atoms with E-state index in [-0.39, 0.29) is 18.4 Å². The number of nitrogens with one attached hydrogen (secondary N) is 1. The van der Waals surface area contributed by atoms with Crippen LogP contribution in [0.1, 0.15) is 30.7 Å². The van der Waals surface area contributed by atoms with Crippen molar-refractivity contribution in [3.63, 3.8) is 0 Å². The Morgan fingerprint density at radius 2 is 1.75 bits per heavy atom.